The maximum atomic E-state index is 12.5. The molecule has 0 spiro atoms. The summed E-state index contributed by atoms with van der Waals surface area (Å²) in [5.41, 5.74) is 0.791. The van der Waals surface area contributed by atoms with Crippen LogP contribution in [0.1, 0.15) is 28.4 Å². The standard InChI is InChI=1S/C21H22ClIN6O6/c22-11-2-14(19(34)15(23)3-11)16(4-18(32)33)29-17(31)9-25-20(35)10-1-12(6-24-5-10)28-21-26-7-13(30)8-27-21/h1-3,5-6,13,16,30,34H,4,7-9H2,(H,25,35)(H,29,31)(H,32,33)(H2,26,27,28)/t16-/m1/s1. The lowest BCUT2D eigenvalue weighted by atomic mass is 10.0. The third-order valence-corrected chi connectivity index (χ3v) is 5.83. The van der Waals surface area contributed by atoms with Crippen LogP contribution in [-0.4, -0.2) is 69.8 Å². The van der Waals surface area contributed by atoms with Crippen LogP contribution in [-0.2, 0) is 9.59 Å². The number of carbonyl (C=O) groups is 3. The number of aliphatic hydroxyl groups excluding tert-OH is 1. The Kier molecular flexibility index (Phi) is 9.06. The average Bonchev–Trinajstić information content (AvgIpc) is 2.81. The van der Waals surface area contributed by atoms with Crippen molar-refractivity contribution < 1.29 is 29.7 Å². The van der Waals surface area contributed by atoms with Crippen molar-refractivity contribution in [2.24, 2.45) is 4.99 Å². The second-order valence-corrected chi connectivity index (χ2v) is 9.14. The number of aliphatic imine (C=N–C) groups is 1. The van der Waals surface area contributed by atoms with Crippen molar-refractivity contribution in [2.45, 2.75) is 18.6 Å². The minimum Gasteiger partial charge on any atom is -0.506 e. The van der Waals surface area contributed by atoms with E-state index >= 15 is 0 Å². The quantitative estimate of drug-likeness (QED) is 0.211. The molecular formula is C21H22ClIN6O6. The summed E-state index contributed by atoms with van der Waals surface area (Å²) >= 11 is 7.87. The number of β-amino-alcohol motifs (C(OH)–C–C–N with tert-alkyl or cyclic N) is 1. The summed E-state index contributed by atoms with van der Waals surface area (Å²) in [5, 5.41) is 40.1. The van der Waals surface area contributed by atoms with E-state index in [1.54, 1.807) is 0 Å². The Morgan fingerprint density at radius 3 is 2.71 bits per heavy atom. The summed E-state index contributed by atoms with van der Waals surface area (Å²) < 4.78 is 0.398. The first kappa shape index (κ1) is 26.4. The molecule has 1 unspecified atom stereocenters. The number of phenols is 1. The first-order valence-corrected chi connectivity index (χ1v) is 11.7. The zero-order valence-electron chi connectivity index (χ0n) is 18.1. The number of rotatable bonds is 8. The molecule has 1 aliphatic rings. The van der Waals surface area contributed by atoms with E-state index in [2.05, 4.69) is 31.2 Å². The number of benzene rings is 1. The number of aliphatic hydroxyl groups is 1. The van der Waals surface area contributed by atoms with Gasteiger partial charge in [0.1, 0.15) is 5.75 Å². The van der Waals surface area contributed by atoms with Gasteiger partial charge in [-0.15, -0.1) is 0 Å². The number of amides is 2. The molecule has 0 aliphatic carbocycles. The molecule has 2 atom stereocenters. The van der Waals surface area contributed by atoms with Crippen LogP contribution in [0.4, 0.5) is 5.69 Å². The van der Waals surface area contributed by atoms with Gasteiger partial charge < -0.3 is 36.6 Å². The third-order valence-electron chi connectivity index (χ3n) is 4.78. The Morgan fingerprint density at radius 1 is 1.26 bits per heavy atom. The Hall–Kier alpha value is -3.17. The fourth-order valence-corrected chi connectivity index (χ4v) is 4.22. The summed E-state index contributed by atoms with van der Waals surface area (Å²) in [4.78, 5) is 44.4. The van der Waals surface area contributed by atoms with Crippen LogP contribution in [0.2, 0.25) is 5.02 Å². The SMILES string of the molecule is O=C(O)C[C@@H](NC(=O)CNC(=O)c1cncc(NC2=NCC(O)CN2)c1)c1cc(Cl)cc(I)c1O. The number of aliphatic carboxylic acids is 1. The number of hydrogen-bond acceptors (Lipinski definition) is 9. The fraction of sp³-hybridized carbons (Fsp3) is 0.286. The molecule has 0 radical (unpaired) electrons. The van der Waals surface area contributed by atoms with E-state index in [1.165, 1.54) is 30.6 Å². The molecule has 7 N–H and O–H groups in total. The smallest absolute Gasteiger partial charge is 0.305 e. The second-order valence-electron chi connectivity index (χ2n) is 7.54. The maximum Gasteiger partial charge on any atom is 0.305 e. The highest BCUT2D eigenvalue weighted by Gasteiger charge is 2.23. The number of carboxylic acids is 1. The summed E-state index contributed by atoms with van der Waals surface area (Å²) in [6.45, 7) is 0.133. The van der Waals surface area contributed by atoms with Crippen molar-refractivity contribution in [3.8, 4) is 5.75 Å². The summed E-state index contributed by atoms with van der Waals surface area (Å²) in [6, 6.07) is 3.31. The minimum absolute atomic E-state index is 0.152. The van der Waals surface area contributed by atoms with E-state index in [0.717, 1.165) is 0 Å². The van der Waals surface area contributed by atoms with Crippen molar-refractivity contribution >= 4 is 63.6 Å². The summed E-state index contributed by atoms with van der Waals surface area (Å²) in [7, 11) is 0. The van der Waals surface area contributed by atoms with Crippen LogP contribution in [0.3, 0.4) is 0 Å². The molecule has 12 nitrogen and oxygen atoms in total. The lowest BCUT2D eigenvalue weighted by Gasteiger charge is -2.20. The molecule has 0 fully saturated rings. The highest BCUT2D eigenvalue weighted by atomic mass is 127. The molecule has 1 aromatic heterocycles. The molecule has 3 rings (SSSR count). The van der Waals surface area contributed by atoms with Gasteiger partial charge in [-0.3, -0.25) is 24.4 Å². The van der Waals surface area contributed by atoms with E-state index < -0.39 is 42.9 Å². The molecule has 2 aromatic rings. The van der Waals surface area contributed by atoms with Gasteiger partial charge in [0.05, 0.1) is 52.7 Å². The number of carboxylic acid groups (broad SMARTS) is 1. The number of halogens is 2. The van der Waals surface area contributed by atoms with Crippen LogP contribution in [0, 0.1) is 3.57 Å². The molecule has 35 heavy (non-hydrogen) atoms. The predicted octanol–water partition coefficient (Wildman–Crippen LogP) is 0.839. The van der Waals surface area contributed by atoms with Crippen LogP contribution >= 0.6 is 34.2 Å². The molecule has 0 saturated carbocycles. The van der Waals surface area contributed by atoms with Crippen molar-refractivity contribution in [3.63, 3.8) is 0 Å². The molecule has 0 saturated heterocycles. The van der Waals surface area contributed by atoms with E-state index in [9.17, 15) is 29.7 Å². The van der Waals surface area contributed by atoms with Gasteiger partial charge in [0.25, 0.3) is 5.91 Å². The molecule has 2 heterocycles. The number of guanidine groups is 1. The number of nitrogens with zero attached hydrogens (tertiary/aromatic N) is 2. The van der Waals surface area contributed by atoms with E-state index in [0.29, 0.717) is 21.8 Å². The molecule has 2 amide bonds. The number of aromatic hydroxyl groups is 1. The fourth-order valence-electron chi connectivity index (χ4n) is 3.16. The zero-order valence-corrected chi connectivity index (χ0v) is 21.0. The van der Waals surface area contributed by atoms with Crippen LogP contribution < -0.4 is 21.3 Å². The lowest BCUT2D eigenvalue weighted by molar-refractivity contribution is -0.137. The number of aromatic nitrogens is 1. The minimum atomic E-state index is -1.20. The van der Waals surface area contributed by atoms with Gasteiger partial charge in [-0.2, -0.15) is 0 Å². The molecular weight excluding hydrogens is 595 g/mol. The molecule has 0 bridgehead atoms. The van der Waals surface area contributed by atoms with Gasteiger partial charge in [0.15, 0.2) is 5.96 Å². The van der Waals surface area contributed by atoms with E-state index in [1.807, 2.05) is 22.6 Å². The normalized spacial score (nSPS) is 15.9. The predicted molar refractivity (Wildman–Crippen MR) is 135 cm³/mol. The number of hydrogen-bond donors (Lipinski definition) is 7. The van der Waals surface area contributed by atoms with Gasteiger partial charge in [-0.1, -0.05) is 11.6 Å². The first-order valence-electron chi connectivity index (χ1n) is 10.3. The topological polar surface area (TPSA) is 185 Å². The number of anilines is 1. The Morgan fingerprint density at radius 2 is 2.03 bits per heavy atom. The Bertz CT molecular complexity index is 1160. The van der Waals surface area contributed by atoms with Crippen molar-refractivity contribution in [1.82, 2.24) is 20.9 Å². The van der Waals surface area contributed by atoms with Crippen molar-refractivity contribution in [3.05, 3.63) is 50.3 Å². The second kappa shape index (κ2) is 12.0. The van der Waals surface area contributed by atoms with Gasteiger partial charge in [-0.25, -0.2) is 0 Å². The number of nitrogens with one attached hydrogen (secondary N) is 4. The van der Waals surface area contributed by atoms with E-state index in [-0.39, 0.29) is 28.4 Å². The van der Waals surface area contributed by atoms with Crippen molar-refractivity contribution in [2.75, 3.05) is 25.0 Å². The van der Waals surface area contributed by atoms with E-state index in [4.69, 9.17) is 11.6 Å². The first-order chi connectivity index (χ1) is 16.6. The summed E-state index contributed by atoms with van der Waals surface area (Å²) in [5.74, 6) is -2.21. The van der Waals surface area contributed by atoms with Gasteiger partial charge in [0.2, 0.25) is 5.91 Å². The van der Waals surface area contributed by atoms with Crippen LogP contribution in [0.5, 0.6) is 5.75 Å². The highest BCUT2D eigenvalue weighted by molar-refractivity contribution is 14.1. The molecule has 1 aliphatic heterocycles. The van der Waals surface area contributed by atoms with Crippen molar-refractivity contribution in [1.29, 1.82) is 0 Å². The molecule has 186 valence electrons. The molecule has 14 heteroatoms. The zero-order chi connectivity index (χ0) is 25.5. The van der Waals surface area contributed by atoms with Crippen LogP contribution in [0.25, 0.3) is 0 Å². The Labute approximate surface area is 218 Å². The van der Waals surface area contributed by atoms with Gasteiger partial charge in [-0.05, 0) is 40.8 Å². The number of phenolic OH excluding ortho intramolecular Hbond substituents is 1. The highest BCUT2D eigenvalue weighted by Crippen LogP contribution is 2.34. The lowest BCUT2D eigenvalue weighted by Crippen LogP contribution is -2.42. The molecule has 1 aromatic carbocycles. The third kappa shape index (κ3) is 7.66. The van der Waals surface area contributed by atoms with Gasteiger partial charge in [0, 0.05) is 23.3 Å². The Balaban J connectivity index is 1.62. The van der Waals surface area contributed by atoms with Crippen LogP contribution in [0.15, 0.2) is 35.6 Å². The number of pyridine rings is 1. The monoisotopic (exact) mass is 616 g/mol. The summed E-state index contributed by atoms with van der Waals surface area (Å²) in [6.07, 6.45) is 1.73. The number of carbonyl (C=O) groups excluding carboxylic acids is 2. The average molecular weight is 617 g/mol. The largest absolute Gasteiger partial charge is 0.506 e. The van der Waals surface area contributed by atoms with Gasteiger partial charge >= 0.3 is 5.97 Å². The maximum absolute atomic E-state index is 12.5.